The molecule has 6 heterocycles. The topological polar surface area (TPSA) is 169 Å². The Hall–Kier alpha value is -7.69. The van der Waals surface area contributed by atoms with Crippen molar-refractivity contribution in [2.75, 3.05) is 62.4 Å². The number of hydrogen-bond acceptors (Lipinski definition) is 14. The second kappa shape index (κ2) is 22.0. The van der Waals surface area contributed by atoms with Crippen LogP contribution in [0.1, 0.15) is 45.7 Å². The molecule has 0 radical (unpaired) electrons. The number of hydrogen-bond donors (Lipinski definition) is 2. The summed E-state index contributed by atoms with van der Waals surface area (Å²) in [5.74, 6) is 2.99. The summed E-state index contributed by atoms with van der Waals surface area (Å²) < 4.78 is 107. The summed E-state index contributed by atoms with van der Waals surface area (Å²) in [7, 11) is 6.48. The Morgan fingerprint density at radius 3 is 1.59 bits per heavy atom. The number of benzene rings is 4. The molecule has 75 heavy (non-hydrogen) atoms. The van der Waals surface area contributed by atoms with Crippen molar-refractivity contribution in [3.8, 4) is 34.4 Å². The molecule has 8 aromatic rings. The lowest BCUT2D eigenvalue weighted by Crippen LogP contribution is -2.35. The van der Waals surface area contributed by atoms with E-state index in [2.05, 4.69) is 35.2 Å². The number of rotatable bonds is 8. The highest BCUT2D eigenvalue weighted by Gasteiger charge is 2.40. The molecule has 3 N–H and O–H groups in total. The van der Waals surface area contributed by atoms with Gasteiger partial charge in [0.05, 0.1) is 85.2 Å². The molecule has 0 spiro atoms. The van der Waals surface area contributed by atoms with E-state index in [0.717, 1.165) is 40.6 Å². The zero-order chi connectivity index (χ0) is 53.9. The van der Waals surface area contributed by atoms with E-state index in [1.54, 1.807) is 62.9 Å². The summed E-state index contributed by atoms with van der Waals surface area (Å²) in [6.07, 6.45) is 1.11. The van der Waals surface area contributed by atoms with Crippen molar-refractivity contribution >= 4 is 63.8 Å². The summed E-state index contributed by atoms with van der Waals surface area (Å²) in [4.78, 5) is 28.3. The number of alkyl halides is 6. The van der Waals surface area contributed by atoms with Crippen molar-refractivity contribution in [3.63, 3.8) is 0 Å². The van der Waals surface area contributed by atoms with Crippen molar-refractivity contribution in [3.05, 3.63) is 159 Å². The number of imidazole rings is 2. The number of nitrogens with two attached hydrogens (primary N) is 1. The SMILES string of the molecule is CN1c2nc(Cl)ncc2OCC1c1cc(Cl)ccc1C(F)(F)F.COc1cc(N)ccc1-n1cnc(C)c1.COc1cc(Nc2ncc3c(n2)N(C)C(c2cc(Cl)ccc2C(F)(F)F)CO3)ccc1-n1cnc(C)c1. The van der Waals surface area contributed by atoms with Gasteiger partial charge in [-0.3, -0.25) is 0 Å². The van der Waals surface area contributed by atoms with Gasteiger partial charge >= 0.3 is 12.4 Å². The molecule has 0 saturated carbocycles. The summed E-state index contributed by atoms with van der Waals surface area (Å²) in [6, 6.07) is 16.6. The van der Waals surface area contributed by atoms with E-state index >= 15 is 0 Å². The van der Waals surface area contributed by atoms with Crippen LogP contribution in [0.3, 0.4) is 0 Å². The third-order valence-corrected chi connectivity index (χ3v) is 12.5. The lowest BCUT2D eigenvalue weighted by Gasteiger charge is -2.36. The van der Waals surface area contributed by atoms with Gasteiger partial charge in [-0.15, -0.1) is 0 Å². The Bertz CT molecular complexity index is 3340. The molecule has 392 valence electrons. The highest BCUT2D eigenvalue weighted by Crippen LogP contribution is 2.44. The molecule has 4 aromatic carbocycles. The van der Waals surface area contributed by atoms with Crippen molar-refractivity contribution in [1.82, 2.24) is 39.0 Å². The van der Waals surface area contributed by atoms with E-state index in [-0.39, 0.29) is 45.6 Å². The lowest BCUT2D eigenvalue weighted by molar-refractivity contribution is -0.139. The lowest BCUT2D eigenvalue weighted by atomic mass is 9.98. The van der Waals surface area contributed by atoms with E-state index in [9.17, 15) is 26.3 Å². The molecule has 4 aromatic heterocycles. The molecular weight excluding hydrogens is 1050 g/mol. The van der Waals surface area contributed by atoms with Crippen LogP contribution in [0.2, 0.25) is 15.3 Å². The first kappa shape index (κ1) is 53.6. The summed E-state index contributed by atoms with van der Waals surface area (Å²) in [6.45, 7) is 3.83. The number of nitrogens with zero attached hydrogens (tertiary/aromatic N) is 10. The molecule has 25 heteroatoms. The number of fused-ring (bicyclic) bond motifs is 2. The first-order valence-corrected chi connectivity index (χ1v) is 23.5. The number of likely N-dealkylation sites (N-methyl/N-ethyl adjacent to an activating group) is 2. The van der Waals surface area contributed by atoms with Gasteiger partial charge in [-0.05, 0) is 97.2 Å². The number of methoxy groups -OCH3 is 2. The predicted octanol–water partition coefficient (Wildman–Crippen LogP) is 12.1. The predicted molar refractivity (Wildman–Crippen MR) is 273 cm³/mol. The van der Waals surface area contributed by atoms with E-state index in [1.807, 2.05) is 59.6 Å². The summed E-state index contributed by atoms with van der Waals surface area (Å²) >= 11 is 17.7. The minimum absolute atomic E-state index is 0.0105. The van der Waals surface area contributed by atoms with Gasteiger partial charge in [-0.25, -0.2) is 19.9 Å². The fourth-order valence-corrected chi connectivity index (χ4v) is 8.66. The Labute approximate surface area is 440 Å². The van der Waals surface area contributed by atoms with Crippen LogP contribution in [0, 0.1) is 13.8 Å². The van der Waals surface area contributed by atoms with Crippen LogP contribution in [0.15, 0.2) is 110 Å². The Balaban J connectivity index is 0.000000166. The number of ether oxygens (including phenoxy) is 4. The number of halogens is 9. The Kier molecular flexibility index (Phi) is 15.7. The zero-order valence-electron chi connectivity index (χ0n) is 40.5. The average Bonchev–Trinajstić information content (AvgIpc) is 4.01. The fourth-order valence-electron chi connectivity index (χ4n) is 8.17. The fraction of sp³-hybridized carbons (Fsp3) is 0.240. The number of nitrogens with one attached hydrogen (secondary N) is 1. The first-order valence-electron chi connectivity index (χ1n) is 22.4. The largest absolute Gasteiger partial charge is 0.494 e. The van der Waals surface area contributed by atoms with Gasteiger partial charge in [0.2, 0.25) is 11.2 Å². The average molecular weight is 1100 g/mol. The number of aryl methyl sites for hydroxylation is 2. The normalized spacial score (nSPS) is 15.0. The third kappa shape index (κ3) is 12.1. The van der Waals surface area contributed by atoms with Crippen LogP contribution in [-0.4, -0.2) is 80.6 Å². The molecule has 2 unspecified atom stereocenters. The van der Waals surface area contributed by atoms with Gasteiger partial charge in [-0.1, -0.05) is 23.2 Å². The van der Waals surface area contributed by atoms with Crippen LogP contribution in [-0.2, 0) is 12.4 Å². The quantitative estimate of drug-likeness (QED) is 0.0837. The van der Waals surface area contributed by atoms with Crippen molar-refractivity contribution < 1.29 is 45.3 Å². The van der Waals surface area contributed by atoms with Gasteiger partial charge in [0.1, 0.15) is 24.7 Å². The summed E-state index contributed by atoms with van der Waals surface area (Å²) in [5, 5.41) is 3.53. The second-order valence-corrected chi connectivity index (χ2v) is 18.0. The van der Waals surface area contributed by atoms with Crippen LogP contribution in [0.25, 0.3) is 11.4 Å². The monoisotopic (exact) mass is 1100 g/mol. The van der Waals surface area contributed by atoms with E-state index in [0.29, 0.717) is 40.3 Å². The highest BCUT2D eigenvalue weighted by molar-refractivity contribution is 6.31. The maximum atomic E-state index is 13.7. The molecule has 0 fully saturated rings. The maximum absolute atomic E-state index is 13.7. The molecule has 2 aliphatic rings. The molecule has 10 rings (SSSR count). The van der Waals surface area contributed by atoms with Crippen molar-refractivity contribution in [2.45, 2.75) is 38.3 Å². The minimum atomic E-state index is -4.54. The molecule has 0 saturated heterocycles. The van der Waals surface area contributed by atoms with Crippen LogP contribution in [0.5, 0.6) is 23.0 Å². The van der Waals surface area contributed by atoms with Crippen LogP contribution < -0.4 is 39.8 Å². The molecule has 0 amide bonds. The zero-order valence-corrected chi connectivity index (χ0v) is 42.8. The molecule has 2 atom stereocenters. The molecule has 2 aliphatic heterocycles. The van der Waals surface area contributed by atoms with Gasteiger partial charge < -0.3 is 48.9 Å². The van der Waals surface area contributed by atoms with Gasteiger partial charge in [0, 0.05) is 60.0 Å². The van der Waals surface area contributed by atoms with E-state index in [4.69, 9.17) is 59.5 Å². The Morgan fingerprint density at radius 2 is 1.11 bits per heavy atom. The number of anilines is 5. The van der Waals surface area contributed by atoms with Crippen molar-refractivity contribution in [2.24, 2.45) is 0 Å². The number of nitrogen functional groups attached to an aromatic ring is 1. The standard InChI is InChI=1S/C25H22ClF3N6O2.C14H10Cl2F3N3O.C11H13N3O/c1-14-11-35(13-31-14)19-7-5-16(9-21(19)36-3)32-24-30-10-22-23(33-24)34(2)20(12-37-22)17-8-15(26)4-6-18(17)25(27,28)29;1-22-10(6-23-11-5-20-13(16)21-12(11)22)8-4-7(15)2-3-9(8)14(17,18)19;1-8-6-14(7-13-8)10-4-3-9(12)5-11(10)15-2/h4-11,13,20H,12H2,1-3H3,(H,30,32,33);2-5,10H,6H2,1H3;3-7H,12H2,1-2H3. The minimum Gasteiger partial charge on any atom is -0.494 e. The van der Waals surface area contributed by atoms with E-state index < -0.39 is 35.6 Å². The number of aromatic nitrogens is 8. The van der Waals surface area contributed by atoms with Gasteiger partial charge in [0.25, 0.3) is 0 Å². The molecule has 0 bridgehead atoms. The highest BCUT2D eigenvalue weighted by atomic mass is 35.5. The summed E-state index contributed by atoms with van der Waals surface area (Å²) in [5.41, 5.74) is 9.11. The first-order chi connectivity index (χ1) is 35.6. The van der Waals surface area contributed by atoms with Gasteiger partial charge in [-0.2, -0.15) is 36.3 Å². The van der Waals surface area contributed by atoms with Gasteiger partial charge in [0.15, 0.2) is 23.1 Å². The molecule has 16 nitrogen and oxygen atoms in total. The molecular formula is C50H45Cl3F6N12O4. The van der Waals surface area contributed by atoms with E-state index in [1.165, 1.54) is 36.7 Å². The molecule has 0 aliphatic carbocycles. The smallest absolute Gasteiger partial charge is 0.416 e. The van der Waals surface area contributed by atoms with Crippen molar-refractivity contribution in [1.29, 1.82) is 0 Å². The van der Waals surface area contributed by atoms with Crippen LogP contribution >= 0.6 is 34.8 Å². The van der Waals surface area contributed by atoms with Crippen LogP contribution in [0.4, 0.5) is 55.3 Å². The Morgan fingerprint density at radius 1 is 0.627 bits per heavy atom. The third-order valence-electron chi connectivity index (χ3n) is 11.8. The second-order valence-electron chi connectivity index (χ2n) is 16.8. The maximum Gasteiger partial charge on any atom is 0.416 e.